The van der Waals surface area contributed by atoms with Crippen molar-refractivity contribution >= 4 is 10.8 Å². The molecule has 1 heterocycles. The lowest BCUT2D eigenvalue weighted by Gasteiger charge is -2.22. The summed E-state index contributed by atoms with van der Waals surface area (Å²) in [5, 5.41) is 16.0. The number of pyridine rings is 1. The zero-order valence-corrected chi connectivity index (χ0v) is 11.8. The van der Waals surface area contributed by atoms with Gasteiger partial charge in [-0.25, -0.2) is 0 Å². The summed E-state index contributed by atoms with van der Waals surface area (Å²) in [4.78, 5) is 4.13. The van der Waals surface area contributed by atoms with Crippen LogP contribution in [0.4, 0.5) is 0 Å². The van der Waals surface area contributed by atoms with Crippen molar-refractivity contribution in [1.82, 2.24) is 10.3 Å². The molecule has 2 atom stereocenters. The fourth-order valence-corrected chi connectivity index (χ4v) is 3.02. The van der Waals surface area contributed by atoms with Gasteiger partial charge in [0.1, 0.15) is 0 Å². The summed E-state index contributed by atoms with van der Waals surface area (Å²) < 4.78 is 0. The van der Waals surface area contributed by atoms with Crippen LogP contribution in [0.15, 0.2) is 36.7 Å². The summed E-state index contributed by atoms with van der Waals surface area (Å²) in [6.07, 6.45) is 9.16. The smallest absolute Gasteiger partial charge is 0.0693 e. The first-order chi connectivity index (χ1) is 9.83. The second kappa shape index (κ2) is 6.33. The average Bonchev–Trinajstić information content (AvgIpc) is 2.69. The predicted molar refractivity (Wildman–Crippen MR) is 81.5 cm³/mol. The second-order valence-corrected chi connectivity index (χ2v) is 5.75. The van der Waals surface area contributed by atoms with Crippen LogP contribution in [0.2, 0.25) is 0 Å². The fourth-order valence-electron chi connectivity index (χ4n) is 3.02. The van der Waals surface area contributed by atoms with Gasteiger partial charge in [0.25, 0.3) is 0 Å². The summed E-state index contributed by atoms with van der Waals surface area (Å²) in [7, 11) is 0. The molecule has 0 aliphatic heterocycles. The van der Waals surface area contributed by atoms with E-state index in [2.05, 4.69) is 28.5 Å². The number of aliphatic hydroxyl groups excluding tert-OH is 1. The number of nitrogens with zero attached hydrogens (tertiary/aromatic N) is 1. The minimum atomic E-state index is -0.192. The quantitative estimate of drug-likeness (QED) is 0.843. The van der Waals surface area contributed by atoms with Crippen molar-refractivity contribution in [2.24, 2.45) is 0 Å². The maximum absolute atomic E-state index is 10.1. The van der Waals surface area contributed by atoms with Gasteiger partial charge >= 0.3 is 0 Å². The van der Waals surface area contributed by atoms with Crippen molar-refractivity contribution < 1.29 is 5.11 Å². The van der Waals surface area contributed by atoms with Gasteiger partial charge in [0.2, 0.25) is 0 Å². The highest BCUT2D eigenvalue weighted by Gasteiger charge is 2.20. The van der Waals surface area contributed by atoms with Gasteiger partial charge in [-0.15, -0.1) is 0 Å². The Morgan fingerprint density at radius 2 is 2.00 bits per heavy atom. The van der Waals surface area contributed by atoms with E-state index >= 15 is 0 Å². The molecule has 0 radical (unpaired) electrons. The third kappa shape index (κ3) is 3.17. The SMILES string of the molecule is OC1CCCCCC1NCc1ccc2cnccc2c1. The van der Waals surface area contributed by atoms with Crippen LogP contribution in [0.25, 0.3) is 10.8 Å². The van der Waals surface area contributed by atoms with Crippen LogP contribution in [0.5, 0.6) is 0 Å². The van der Waals surface area contributed by atoms with Gasteiger partial charge in [0.05, 0.1) is 6.10 Å². The van der Waals surface area contributed by atoms with Gasteiger partial charge in [-0.05, 0) is 35.9 Å². The lowest BCUT2D eigenvalue weighted by molar-refractivity contribution is 0.119. The Kier molecular flexibility index (Phi) is 4.28. The zero-order valence-electron chi connectivity index (χ0n) is 11.8. The lowest BCUT2D eigenvalue weighted by Crippen LogP contribution is -2.38. The molecule has 1 aliphatic rings. The molecule has 106 valence electrons. The van der Waals surface area contributed by atoms with Gasteiger partial charge in [-0.2, -0.15) is 0 Å². The Morgan fingerprint density at radius 3 is 2.95 bits per heavy atom. The molecular weight excluding hydrogens is 248 g/mol. The zero-order chi connectivity index (χ0) is 13.8. The monoisotopic (exact) mass is 270 g/mol. The first-order valence-electron chi connectivity index (χ1n) is 7.57. The van der Waals surface area contributed by atoms with Crippen molar-refractivity contribution in [3.63, 3.8) is 0 Å². The maximum Gasteiger partial charge on any atom is 0.0693 e. The van der Waals surface area contributed by atoms with Crippen LogP contribution in [0.3, 0.4) is 0 Å². The largest absolute Gasteiger partial charge is 0.392 e. The summed E-state index contributed by atoms with van der Waals surface area (Å²) in [5.41, 5.74) is 1.26. The molecule has 3 heteroatoms. The van der Waals surface area contributed by atoms with Crippen LogP contribution < -0.4 is 5.32 Å². The van der Waals surface area contributed by atoms with Crippen molar-refractivity contribution in [1.29, 1.82) is 0 Å². The maximum atomic E-state index is 10.1. The lowest BCUT2D eigenvalue weighted by atomic mass is 10.0. The molecule has 0 saturated heterocycles. The van der Waals surface area contributed by atoms with Gasteiger partial charge < -0.3 is 10.4 Å². The first-order valence-corrected chi connectivity index (χ1v) is 7.57. The minimum Gasteiger partial charge on any atom is -0.392 e. The molecule has 20 heavy (non-hydrogen) atoms. The molecule has 2 N–H and O–H groups in total. The summed E-state index contributed by atoms with van der Waals surface area (Å²) in [6.45, 7) is 0.819. The Balaban J connectivity index is 1.66. The van der Waals surface area contributed by atoms with E-state index in [1.807, 2.05) is 18.5 Å². The van der Waals surface area contributed by atoms with E-state index in [-0.39, 0.29) is 12.1 Å². The van der Waals surface area contributed by atoms with E-state index in [4.69, 9.17) is 0 Å². The van der Waals surface area contributed by atoms with Gasteiger partial charge in [0.15, 0.2) is 0 Å². The van der Waals surface area contributed by atoms with Crippen LogP contribution in [-0.2, 0) is 6.54 Å². The molecule has 1 saturated carbocycles. The number of nitrogens with one attached hydrogen (secondary N) is 1. The number of aliphatic hydroxyl groups is 1. The molecule has 3 nitrogen and oxygen atoms in total. The van der Waals surface area contributed by atoms with Gasteiger partial charge in [0, 0.05) is 30.4 Å². The van der Waals surface area contributed by atoms with Crippen molar-refractivity contribution in [2.45, 2.75) is 50.8 Å². The standard InChI is InChI=1S/C17H22N2O/c20-17-5-3-1-2-4-16(17)19-11-13-6-7-15-12-18-9-8-14(15)10-13/h6-10,12,16-17,19-20H,1-5,11H2. The number of benzene rings is 1. The van der Waals surface area contributed by atoms with Crippen LogP contribution in [0.1, 0.15) is 37.7 Å². The number of hydrogen-bond donors (Lipinski definition) is 2. The highest BCUT2D eigenvalue weighted by atomic mass is 16.3. The number of rotatable bonds is 3. The highest BCUT2D eigenvalue weighted by molar-refractivity contribution is 5.81. The molecule has 1 aromatic carbocycles. The van der Waals surface area contributed by atoms with Crippen molar-refractivity contribution in [3.8, 4) is 0 Å². The van der Waals surface area contributed by atoms with E-state index in [9.17, 15) is 5.11 Å². The summed E-state index contributed by atoms with van der Waals surface area (Å²) in [5.74, 6) is 0. The van der Waals surface area contributed by atoms with Crippen LogP contribution in [0, 0.1) is 0 Å². The van der Waals surface area contributed by atoms with Gasteiger partial charge in [-0.3, -0.25) is 4.98 Å². The average molecular weight is 270 g/mol. The molecule has 0 spiro atoms. The van der Waals surface area contributed by atoms with E-state index in [0.717, 1.165) is 25.8 Å². The molecule has 1 fully saturated rings. The van der Waals surface area contributed by atoms with E-state index < -0.39 is 0 Å². The molecule has 0 amide bonds. The van der Waals surface area contributed by atoms with Crippen molar-refractivity contribution in [2.75, 3.05) is 0 Å². The Bertz CT molecular complexity index is 570. The molecule has 2 aromatic rings. The number of aromatic nitrogens is 1. The molecule has 1 aliphatic carbocycles. The highest BCUT2D eigenvalue weighted by Crippen LogP contribution is 2.19. The number of fused-ring (bicyclic) bond motifs is 1. The van der Waals surface area contributed by atoms with E-state index in [1.165, 1.54) is 29.2 Å². The van der Waals surface area contributed by atoms with Gasteiger partial charge in [-0.1, -0.05) is 31.4 Å². The molecule has 2 unspecified atom stereocenters. The molecule has 1 aromatic heterocycles. The Hall–Kier alpha value is -1.45. The first kappa shape index (κ1) is 13.5. The second-order valence-electron chi connectivity index (χ2n) is 5.75. The third-order valence-electron chi connectivity index (χ3n) is 4.25. The fraction of sp³-hybridized carbons (Fsp3) is 0.471. The van der Waals surface area contributed by atoms with E-state index in [0.29, 0.717) is 0 Å². The van der Waals surface area contributed by atoms with Crippen LogP contribution >= 0.6 is 0 Å². The minimum absolute atomic E-state index is 0.192. The predicted octanol–water partition coefficient (Wildman–Crippen LogP) is 3.02. The van der Waals surface area contributed by atoms with E-state index in [1.54, 1.807) is 0 Å². The molecule has 3 rings (SSSR count). The number of hydrogen-bond acceptors (Lipinski definition) is 3. The van der Waals surface area contributed by atoms with Crippen LogP contribution in [-0.4, -0.2) is 22.2 Å². The summed E-state index contributed by atoms with van der Waals surface area (Å²) in [6, 6.07) is 8.74. The molecular formula is C17H22N2O. The Morgan fingerprint density at radius 1 is 1.10 bits per heavy atom. The molecule has 0 bridgehead atoms. The normalized spacial score (nSPS) is 23.6. The summed E-state index contributed by atoms with van der Waals surface area (Å²) >= 11 is 0. The third-order valence-corrected chi connectivity index (χ3v) is 4.25. The Labute approximate surface area is 120 Å². The topological polar surface area (TPSA) is 45.1 Å². The van der Waals surface area contributed by atoms with Crippen molar-refractivity contribution in [3.05, 3.63) is 42.2 Å².